The van der Waals surface area contributed by atoms with Crippen LogP contribution in [0.4, 0.5) is 5.82 Å². The zero-order valence-corrected chi connectivity index (χ0v) is 13.8. The van der Waals surface area contributed by atoms with E-state index in [1.165, 1.54) is 14.1 Å². The average molecular weight is 358 g/mol. The van der Waals surface area contributed by atoms with Gasteiger partial charge in [-0.05, 0) is 6.07 Å². The summed E-state index contributed by atoms with van der Waals surface area (Å²) in [6.45, 7) is -0.267. The van der Waals surface area contributed by atoms with Gasteiger partial charge in [-0.25, -0.2) is 36.7 Å². The second-order valence-corrected chi connectivity index (χ2v) is 8.62. The summed E-state index contributed by atoms with van der Waals surface area (Å²) in [5.74, 6) is 4.90. The van der Waals surface area contributed by atoms with Crippen molar-refractivity contribution < 1.29 is 16.8 Å². The number of sulfonamides is 2. The number of rotatable bonds is 7. The van der Waals surface area contributed by atoms with Crippen LogP contribution in [0.2, 0.25) is 5.02 Å². The lowest BCUT2D eigenvalue weighted by Gasteiger charge is -2.12. The highest BCUT2D eigenvalue weighted by atomic mass is 35.5. The van der Waals surface area contributed by atoms with Gasteiger partial charge in [0.25, 0.3) is 0 Å². The molecule has 0 fully saturated rings. The van der Waals surface area contributed by atoms with E-state index in [1.807, 2.05) is 0 Å². The summed E-state index contributed by atoms with van der Waals surface area (Å²) in [5.41, 5.74) is 2.21. The first-order chi connectivity index (χ1) is 9.60. The van der Waals surface area contributed by atoms with Crippen molar-refractivity contribution in [3.8, 4) is 0 Å². The highest BCUT2D eigenvalue weighted by molar-refractivity contribution is 7.90. The number of hydrogen-bond acceptors (Lipinski definition) is 7. The number of nitrogen functional groups attached to an aromatic ring is 1. The Morgan fingerprint density at radius 2 is 1.95 bits per heavy atom. The highest BCUT2D eigenvalue weighted by Crippen LogP contribution is 2.21. The van der Waals surface area contributed by atoms with Crippen molar-refractivity contribution in [3.63, 3.8) is 0 Å². The monoisotopic (exact) mass is 357 g/mol. The first-order valence-corrected chi connectivity index (χ1v) is 9.09. The molecule has 1 aromatic rings. The van der Waals surface area contributed by atoms with Crippen LogP contribution in [0.25, 0.3) is 0 Å². The van der Waals surface area contributed by atoms with Crippen molar-refractivity contribution >= 4 is 37.5 Å². The third-order valence-electron chi connectivity index (χ3n) is 2.47. The molecule has 0 saturated heterocycles. The number of nitrogens with one attached hydrogen (secondary N) is 2. The highest BCUT2D eigenvalue weighted by Gasteiger charge is 2.19. The number of halogens is 1. The Hall–Kier alpha value is -0.980. The van der Waals surface area contributed by atoms with Gasteiger partial charge in [0.15, 0.2) is 5.82 Å². The van der Waals surface area contributed by atoms with Crippen LogP contribution in [-0.2, 0) is 20.0 Å². The predicted octanol–water partition coefficient (Wildman–Crippen LogP) is -0.810. The van der Waals surface area contributed by atoms with E-state index in [1.54, 1.807) is 0 Å². The molecule has 0 saturated carbocycles. The molecule has 0 aliphatic rings. The Bertz CT molecular complexity index is 705. The summed E-state index contributed by atoms with van der Waals surface area (Å²) in [5, 5.41) is 0.0290. The lowest BCUT2D eigenvalue weighted by Crippen LogP contribution is -2.34. The van der Waals surface area contributed by atoms with Crippen LogP contribution in [0, 0.1) is 0 Å². The molecule has 0 bridgehead atoms. The Morgan fingerprint density at radius 1 is 1.33 bits per heavy atom. The van der Waals surface area contributed by atoms with Crippen LogP contribution < -0.4 is 16.0 Å². The van der Waals surface area contributed by atoms with Crippen molar-refractivity contribution in [1.29, 1.82) is 0 Å². The van der Waals surface area contributed by atoms with E-state index < -0.39 is 20.0 Å². The normalized spacial score (nSPS) is 12.6. The lowest BCUT2D eigenvalue weighted by molar-refractivity contribution is 0.519. The number of pyridine rings is 1. The van der Waals surface area contributed by atoms with Gasteiger partial charge in [0.05, 0.1) is 10.8 Å². The second-order valence-electron chi connectivity index (χ2n) is 4.14. The number of nitrogens with two attached hydrogens (primary N) is 1. The SMILES string of the molecule is CN(C)S(=O)(=O)CCNS(=O)(=O)c1cnc(NN)c(Cl)c1. The molecule has 0 aliphatic heterocycles. The van der Waals surface area contributed by atoms with Crippen molar-refractivity contribution in [2.24, 2.45) is 5.84 Å². The summed E-state index contributed by atoms with van der Waals surface area (Å²) in [6, 6.07) is 1.16. The Kier molecular flexibility index (Phi) is 5.90. The van der Waals surface area contributed by atoms with Gasteiger partial charge in [0, 0.05) is 26.8 Å². The van der Waals surface area contributed by atoms with Gasteiger partial charge < -0.3 is 5.43 Å². The molecule has 1 aromatic heterocycles. The van der Waals surface area contributed by atoms with Crippen LogP contribution in [-0.4, -0.2) is 52.5 Å². The van der Waals surface area contributed by atoms with Crippen molar-refractivity contribution in [2.75, 3.05) is 31.8 Å². The van der Waals surface area contributed by atoms with Crippen LogP contribution in [0.3, 0.4) is 0 Å². The maximum atomic E-state index is 12.0. The quantitative estimate of drug-likeness (QED) is 0.429. The topological polar surface area (TPSA) is 134 Å². The molecule has 12 heteroatoms. The van der Waals surface area contributed by atoms with E-state index in [0.717, 1.165) is 16.6 Å². The van der Waals surface area contributed by atoms with E-state index >= 15 is 0 Å². The van der Waals surface area contributed by atoms with Gasteiger partial charge >= 0.3 is 0 Å². The molecule has 120 valence electrons. The van der Waals surface area contributed by atoms with Crippen molar-refractivity contribution in [2.45, 2.75) is 4.90 Å². The minimum atomic E-state index is -3.90. The van der Waals surface area contributed by atoms with Gasteiger partial charge in [0.2, 0.25) is 20.0 Å². The average Bonchev–Trinajstić information content (AvgIpc) is 2.37. The molecule has 0 aromatic carbocycles. The van der Waals surface area contributed by atoms with Gasteiger partial charge in [0.1, 0.15) is 4.90 Å². The summed E-state index contributed by atoms with van der Waals surface area (Å²) in [7, 11) is -4.65. The summed E-state index contributed by atoms with van der Waals surface area (Å²) in [6.07, 6.45) is 1.06. The molecule has 9 nitrogen and oxygen atoms in total. The Morgan fingerprint density at radius 3 is 2.43 bits per heavy atom. The van der Waals surface area contributed by atoms with E-state index in [2.05, 4.69) is 15.1 Å². The van der Waals surface area contributed by atoms with Gasteiger partial charge in [-0.15, -0.1) is 0 Å². The zero-order valence-electron chi connectivity index (χ0n) is 11.4. The molecule has 0 unspecified atom stereocenters. The Labute approximate surface area is 128 Å². The van der Waals surface area contributed by atoms with Crippen LogP contribution in [0.15, 0.2) is 17.2 Å². The van der Waals surface area contributed by atoms with E-state index in [9.17, 15) is 16.8 Å². The number of nitrogens with zero attached hydrogens (tertiary/aromatic N) is 2. The molecule has 0 spiro atoms. The molecule has 21 heavy (non-hydrogen) atoms. The van der Waals surface area contributed by atoms with E-state index in [-0.39, 0.29) is 28.0 Å². The standard InChI is InChI=1S/C9H16ClN5O4S2/c1-15(2)20(16,17)4-3-13-21(18,19)7-5-8(10)9(14-11)12-6-7/h5-6,13H,3-4,11H2,1-2H3,(H,12,14). The van der Waals surface area contributed by atoms with Crippen LogP contribution >= 0.6 is 11.6 Å². The van der Waals surface area contributed by atoms with E-state index in [4.69, 9.17) is 17.4 Å². The minimum Gasteiger partial charge on any atom is -0.307 e. The molecule has 0 atom stereocenters. The maximum absolute atomic E-state index is 12.0. The third-order valence-corrected chi connectivity index (χ3v) is 6.02. The number of aromatic nitrogens is 1. The third kappa shape index (κ3) is 4.76. The molecule has 4 N–H and O–H groups in total. The summed E-state index contributed by atoms with van der Waals surface area (Å²) in [4.78, 5) is 3.55. The first kappa shape index (κ1) is 18.1. The fraction of sp³-hybridized carbons (Fsp3) is 0.444. The molecule has 0 aliphatic carbocycles. The fourth-order valence-corrected chi connectivity index (χ4v) is 3.39. The van der Waals surface area contributed by atoms with Crippen LogP contribution in [0.5, 0.6) is 0 Å². The molecular formula is C9H16ClN5O4S2. The van der Waals surface area contributed by atoms with Crippen molar-refractivity contribution in [1.82, 2.24) is 14.0 Å². The largest absolute Gasteiger partial charge is 0.307 e. The molecular weight excluding hydrogens is 342 g/mol. The second kappa shape index (κ2) is 6.85. The molecule has 0 radical (unpaired) electrons. The summed E-state index contributed by atoms with van der Waals surface area (Å²) >= 11 is 5.78. The molecule has 0 amide bonds. The number of hydrogen-bond donors (Lipinski definition) is 3. The van der Waals surface area contributed by atoms with Gasteiger partial charge in [-0.1, -0.05) is 11.6 Å². The van der Waals surface area contributed by atoms with Gasteiger partial charge in [-0.3, -0.25) is 0 Å². The first-order valence-electron chi connectivity index (χ1n) is 5.62. The fourth-order valence-electron chi connectivity index (χ4n) is 1.24. The smallest absolute Gasteiger partial charge is 0.242 e. The minimum absolute atomic E-state index is 0.0290. The van der Waals surface area contributed by atoms with Crippen molar-refractivity contribution in [3.05, 3.63) is 17.3 Å². The van der Waals surface area contributed by atoms with Crippen LogP contribution in [0.1, 0.15) is 0 Å². The molecule has 1 rings (SSSR count). The van der Waals surface area contributed by atoms with E-state index in [0.29, 0.717) is 0 Å². The number of anilines is 1. The van der Waals surface area contributed by atoms with Gasteiger partial charge in [-0.2, -0.15) is 0 Å². The Balaban J connectivity index is 2.81. The maximum Gasteiger partial charge on any atom is 0.242 e. The lowest BCUT2D eigenvalue weighted by atomic mass is 10.5. The molecule has 1 heterocycles. The summed E-state index contributed by atoms with van der Waals surface area (Å²) < 4.78 is 50.2. The predicted molar refractivity (Wildman–Crippen MR) is 79.7 cm³/mol. The zero-order chi connectivity index (χ0) is 16.3. The number of hydrazine groups is 1.